The first-order chi connectivity index (χ1) is 8.10. The Labute approximate surface area is 102 Å². The van der Waals surface area contributed by atoms with E-state index in [1.165, 1.54) is 11.1 Å². The van der Waals surface area contributed by atoms with Crippen LogP contribution in [0.3, 0.4) is 0 Å². The number of aryl methyl sites for hydroxylation is 3. The lowest BCUT2D eigenvalue weighted by atomic mass is 9.98. The van der Waals surface area contributed by atoms with E-state index in [-0.39, 0.29) is 6.04 Å². The minimum atomic E-state index is -0.0890. The number of aromatic nitrogens is 2. The Kier molecular flexibility index (Phi) is 3.29. The Morgan fingerprint density at radius 3 is 2.35 bits per heavy atom. The molecule has 2 rings (SSSR count). The first-order valence-electron chi connectivity index (χ1n) is 5.96. The molecule has 3 nitrogen and oxygen atoms in total. The number of hydrogen-bond acceptors (Lipinski definition) is 2. The standard InChI is InChI=1S/C14H19N3/c1-4-17-9-13(8-16-17)14(15)12-6-10(2)5-11(3)7-12/h5-9,14H,4,15H2,1-3H3. The third-order valence-electron chi connectivity index (χ3n) is 2.94. The van der Waals surface area contributed by atoms with Crippen molar-refractivity contribution in [2.45, 2.75) is 33.4 Å². The van der Waals surface area contributed by atoms with Crippen LogP contribution in [-0.4, -0.2) is 9.78 Å². The molecular formula is C14H19N3. The van der Waals surface area contributed by atoms with Crippen LogP contribution in [0.2, 0.25) is 0 Å². The second-order valence-electron chi connectivity index (χ2n) is 4.53. The predicted molar refractivity (Wildman–Crippen MR) is 69.8 cm³/mol. The summed E-state index contributed by atoms with van der Waals surface area (Å²) in [7, 11) is 0. The molecule has 0 amide bonds. The maximum Gasteiger partial charge on any atom is 0.0583 e. The summed E-state index contributed by atoms with van der Waals surface area (Å²) >= 11 is 0. The van der Waals surface area contributed by atoms with E-state index in [1.807, 2.05) is 17.1 Å². The summed E-state index contributed by atoms with van der Waals surface area (Å²) in [4.78, 5) is 0. The molecule has 0 radical (unpaired) electrons. The molecule has 0 saturated carbocycles. The van der Waals surface area contributed by atoms with Gasteiger partial charge in [0.25, 0.3) is 0 Å². The Balaban J connectivity index is 2.32. The quantitative estimate of drug-likeness (QED) is 0.879. The molecule has 2 N–H and O–H groups in total. The van der Waals surface area contributed by atoms with Crippen LogP contribution in [0, 0.1) is 13.8 Å². The fourth-order valence-corrected chi connectivity index (χ4v) is 2.10. The molecule has 0 aliphatic heterocycles. The SMILES string of the molecule is CCn1cc(C(N)c2cc(C)cc(C)c2)cn1. The molecule has 1 atom stereocenters. The van der Waals surface area contributed by atoms with Gasteiger partial charge in [-0.15, -0.1) is 0 Å². The molecule has 0 fully saturated rings. The summed E-state index contributed by atoms with van der Waals surface area (Å²) < 4.78 is 1.90. The maximum absolute atomic E-state index is 6.27. The van der Waals surface area contributed by atoms with Gasteiger partial charge in [0.1, 0.15) is 0 Å². The van der Waals surface area contributed by atoms with E-state index in [9.17, 15) is 0 Å². The van der Waals surface area contributed by atoms with E-state index in [4.69, 9.17) is 5.73 Å². The second-order valence-corrected chi connectivity index (χ2v) is 4.53. The van der Waals surface area contributed by atoms with Gasteiger partial charge < -0.3 is 5.73 Å². The Hall–Kier alpha value is -1.61. The first-order valence-corrected chi connectivity index (χ1v) is 5.96. The minimum Gasteiger partial charge on any atom is -0.320 e. The largest absolute Gasteiger partial charge is 0.320 e. The number of nitrogens with two attached hydrogens (primary N) is 1. The highest BCUT2D eigenvalue weighted by Crippen LogP contribution is 2.21. The van der Waals surface area contributed by atoms with Gasteiger partial charge in [-0.3, -0.25) is 4.68 Å². The molecular weight excluding hydrogens is 210 g/mol. The highest BCUT2D eigenvalue weighted by atomic mass is 15.3. The van der Waals surface area contributed by atoms with Crippen molar-refractivity contribution in [3.63, 3.8) is 0 Å². The van der Waals surface area contributed by atoms with Crippen molar-refractivity contribution in [1.82, 2.24) is 9.78 Å². The average molecular weight is 229 g/mol. The molecule has 1 aromatic carbocycles. The predicted octanol–water partition coefficient (Wildman–Crippen LogP) is 2.57. The fourth-order valence-electron chi connectivity index (χ4n) is 2.10. The zero-order chi connectivity index (χ0) is 12.4. The van der Waals surface area contributed by atoms with Crippen molar-refractivity contribution in [2.75, 3.05) is 0 Å². The first kappa shape index (κ1) is 11.9. The van der Waals surface area contributed by atoms with Crippen LogP contribution in [0.25, 0.3) is 0 Å². The molecule has 3 heteroatoms. The summed E-state index contributed by atoms with van der Waals surface area (Å²) in [6.45, 7) is 7.13. The van der Waals surface area contributed by atoms with Gasteiger partial charge in [-0.05, 0) is 26.3 Å². The molecule has 0 saturated heterocycles. The smallest absolute Gasteiger partial charge is 0.0583 e. The highest BCUT2D eigenvalue weighted by Gasteiger charge is 2.11. The number of hydrogen-bond donors (Lipinski definition) is 1. The van der Waals surface area contributed by atoms with Crippen LogP contribution in [0.4, 0.5) is 0 Å². The van der Waals surface area contributed by atoms with E-state index >= 15 is 0 Å². The van der Waals surface area contributed by atoms with E-state index in [1.54, 1.807) is 0 Å². The summed E-state index contributed by atoms with van der Waals surface area (Å²) in [6, 6.07) is 6.35. The molecule has 0 aliphatic rings. The molecule has 2 aromatic rings. The van der Waals surface area contributed by atoms with Gasteiger partial charge in [0, 0.05) is 18.3 Å². The monoisotopic (exact) mass is 229 g/mol. The molecule has 1 heterocycles. The van der Waals surface area contributed by atoms with E-state index in [0.29, 0.717) is 0 Å². The topological polar surface area (TPSA) is 43.8 Å². The Bertz CT molecular complexity index is 494. The summed E-state index contributed by atoms with van der Waals surface area (Å²) in [5.74, 6) is 0. The third-order valence-corrected chi connectivity index (χ3v) is 2.94. The molecule has 17 heavy (non-hydrogen) atoms. The van der Waals surface area contributed by atoms with Crippen molar-refractivity contribution in [3.05, 3.63) is 52.8 Å². The minimum absolute atomic E-state index is 0.0890. The van der Waals surface area contributed by atoms with Crippen molar-refractivity contribution in [2.24, 2.45) is 5.73 Å². The Morgan fingerprint density at radius 2 is 1.82 bits per heavy atom. The van der Waals surface area contributed by atoms with Gasteiger partial charge in [0.05, 0.1) is 12.2 Å². The third kappa shape index (κ3) is 2.56. The van der Waals surface area contributed by atoms with E-state index in [0.717, 1.165) is 17.7 Å². The van der Waals surface area contributed by atoms with Gasteiger partial charge >= 0.3 is 0 Å². The van der Waals surface area contributed by atoms with Crippen molar-refractivity contribution >= 4 is 0 Å². The van der Waals surface area contributed by atoms with Crippen LogP contribution in [-0.2, 0) is 6.54 Å². The average Bonchev–Trinajstić information content (AvgIpc) is 2.75. The Morgan fingerprint density at radius 1 is 1.18 bits per heavy atom. The summed E-state index contributed by atoms with van der Waals surface area (Å²) in [5, 5.41) is 4.26. The second kappa shape index (κ2) is 4.72. The molecule has 1 unspecified atom stereocenters. The molecule has 90 valence electrons. The molecule has 0 spiro atoms. The normalized spacial score (nSPS) is 12.7. The highest BCUT2D eigenvalue weighted by molar-refractivity contribution is 5.35. The van der Waals surface area contributed by atoms with Gasteiger partial charge in [-0.1, -0.05) is 29.3 Å². The summed E-state index contributed by atoms with van der Waals surface area (Å²) in [6.07, 6.45) is 3.87. The maximum atomic E-state index is 6.27. The van der Waals surface area contributed by atoms with Gasteiger partial charge in [-0.25, -0.2) is 0 Å². The van der Waals surface area contributed by atoms with Crippen molar-refractivity contribution in [1.29, 1.82) is 0 Å². The zero-order valence-electron chi connectivity index (χ0n) is 10.6. The van der Waals surface area contributed by atoms with Gasteiger partial charge in [-0.2, -0.15) is 5.10 Å². The van der Waals surface area contributed by atoms with Crippen molar-refractivity contribution < 1.29 is 0 Å². The number of nitrogens with zero attached hydrogens (tertiary/aromatic N) is 2. The van der Waals surface area contributed by atoms with Crippen LogP contribution >= 0.6 is 0 Å². The molecule has 0 aliphatic carbocycles. The summed E-state index contributed by atoms with van der Waals surface area (Å²) in [5.41, 5.74) is 11.0. The number of benzene rings is 1. The van der Waals surface area contributed by atoms with Crippen LogP contribution in [0.15, 0.2) is 30.6 Å². The van der Waals surface area contributed by atoms with Crippen LogP contribution in [0.5, 0.6) is 0 Å². The zero-order valence-corrected chi connectivity index (χ0v) is 10.6. The van der Waals surface area contributed by atoms with Gasteiger partial charge in [0.2, 0.25) is 0 Å². The van der Waals surface area contributed by atoms with Crippen molar-refractivity contribution in [3.8, 4) is 0 Å². The van der Waals surface area contributed by atoms with Gasteiger partial charge in [0.15, 0.2) is 0 Å². The lowest BCUT2D eigenvalue weighted by Crippen LogP contribution is -2.11. The molecule has 1 aromatic heterocycles. The van der Waals surface area contributed by atoms with E-state index in [2.05, 4.69) is 44.1 Å². The van der Waals surface area contributed by atoms with E-state index < -0.39 is 0 Å². The van der Waals surface area contributed by atoms with Crippen LogP contribution < -0.4 is 5.73 Å². The fraction of sp³-hybridized carbons (Fsp3) is 0.357. The van der Waals surface area contributed by atoms with Crippen LogP contribution in [0.1, 0.15) is 35.2 Å². The molecule has 0 bridgehead atoms. The lowest BCUT2D eigenvalue weighted by Gasteiger charge is -2.12. The number of rotatable bonds is 3. The lowest BCUT2D eigenvalue weighted by molar-refractivity contribution is 0.658.